The summed E-state index contributed by atoms with van der Waals surface area (Å²) in [5.41, 5.74) is 0.378. The minimum Gasteiger partial charge on any atom is -0.490 e. The molecule has 1 aromatic heterocycles. The number of carbonyl (C=O) groups excluding carboxylic acids is 1. The zero-order valence-electron chi connectivity index (χ0n) is 20.0. The number of para-hydroxylation sites is 2. The normalized spacial score (nSPS) is 17.2. The van der Waals surface area contributed by atoms with Gasteiger partial charge in [-0.05, 0) is 49.4 Å². The highest BCUT2D eigenvalue weighted by Gasteiger charge is 2.45. The quantitative estimate of drug-likeness (QED) is 0.469. The van der Waals surface area contributed by atoms with Crippen LogP contribution in [0.5, 0.6) is 11.5 Å². The van der Waals surface area contributed by atoms with Crippen LogP contribution in [0, 0.1) is 0 Å². The lowest BCUT2D eigenvalue weighted by Gasteiger charge is -2.45. The van der Waals surface area contributed by atoms with E-state index in [1.807, 2.05) is 42.6 Å². The number of methoxy groups -OCH3 is 1. The molecule has 3 aromatic rings. The number of hydrogen-bond donors (Lipinski definition) is 0. The summed E-state index contributed by atoms with van der Waals surface area (Å²) in [6, 6.07) is 15.2. The van der Waals surface area contributed by atoms with E-state index in [9.17, 15) is 18.0 Å². The van der Waals surface area contributed by atoms with Gasteiger partial charge < -0.3 is 23.7 Å². The number of alkyl halides is 3. The molecule has 3 heterocycles. The number of amides is 1. The van der Waals surface area contributed by atoms with Crippen molar-refractivity contribution in [2.75, 3.05) is 26.8 Å². The molecule has 0 saturated carbocycles. The van der Waals surface area contributed by atoms with Gasteiger partial charge in [0.25, 0.3) is 5.91 Å². The van der Waals surface area contributed by atoms with Crippen molar-refractivity contribution in [2.24, 2.45) is 0 Å². The number of rotatable bonds is 5. The monoisotopic (exact) mass is 500 g/mol. The van der Waals surface area contributed by atoms with E-state index in [1.54, 1.807) is 11.8 Å². The van der Waals surface area contributed by atoms with Gasteiger partial charge in [-0.3, -0.25) is 4.79 Å². The van der Waals surface area contributed by atoms with Crippen LogP contribution in [-0.2, 0) is 16.5 Å². The first kappa shape index (κ1) is 24.2. The van der Waals surface area contributed by atoms with Crippen LogP contribution in [0.1, 0.15) is 41.4 Å². The molecular formula is C27H27F3N2O4. The number of aromatic nitrogens is 1. The molecule has 6 nitrogen and oxygen atoms in total. The first-order valence-corrected chi connectivity index (χ1v) is 11.8. The fourth-order valence-corrected chi connectivity index (χ4v) is 4.86. The molecule has 1 amide bonds. The zero-order valence-corrected chi connectivity index (χ0v) is 20.0. The Morgan fingerprint density at radius 2 is 1.86 bits per heavy atom. The summed E-state index contributed by atoms with van der Waals surface area (Å²) < 4.78 is 60.2. The van der Waals surface area contributed by atoms with Crippen LogP contribution in [0.2, 0.25) is 0 Å². The molecule has 0 bridgehead atoms. The molecule has 1 atom stereocenters. The third-order valence-corrected chi connectivity index (χ3v) is 6.91. The van der Waals surface area contributed by atoms with Crippen LogP contribution in [0.4, 0.5) is 13.2 Å². The largest absolute Gasteiger partial charge is 0.490 e. The summed E-state index contributed by atoms with van der Waals surface area (Å²) >= 11 is 0. The lowest BCUT2D eigenvalue weighted by Crippen LogP contribution is -2.50. The van der Waals surface area contributed by atoms with Crippen LogP contribution in [0.15, 0.2) is 60.8 Å². The van der Waals surface area contributed by atoms with Crippen molar-refractivity contribution < 1.29 is 32.2 Å². The summed E-state index contributed by atoms with van der Waals surface area (Å²) in [6.07, 6.45) is -1.99. The second-order valence-electron chi connectivity index (χ2n) is 9.19. The summed E-state index contributed by atoms with van der Waals surface area (Å²) in [4.78, 5) is 14.8. The molecule has 2 aromatic carbocycles. The fraction of sp³-hybridized carbons (Fsp3) is 0.370. The number of benzene rings is 2. The lowest BCUT2D eigenvalue weighted by atomic mass is 9.86. The van der Waals surface area contributed by atoms with Gasteiger partial charge in [0, 0.05) is 44.8 Å². The molecule has 0 N–H and O–H groups in total. The highest BCUT2D eigenvalue weighted by molar-refractivity contribution is 5.94. The molecule has 5 rings (SSSR count). The lowest BCUT2D eigenvalue weighted by molar-refractivity contribution is -0.139. The van der Waals surface area contributed by atoms with Crippen molar-refractivity contribution in [2.45, 2.75) is 37.6 Å². The van der Waals surface area contributed by atoms with E-state index >= 15 is 0 Å². The SMILES string of the molecule is CO[C@H](C)COc1ccc(C(=O)N2CCC3(CC2)Oc2ccccc2-n2cccc23)cc1C(F)(F)F. The number of hydrogen-bond acceptors (Lipinski definition) is 4. The third-order valence-electron chi connectivity index (χ3n) is 6.91. The van der Waals surface area contributed by atoms with Crippen molar-refractivity contribution in [1.29, 1.82) is 0 Å². The van der Waals surface area contributed by atoms with E-state index in [4.69, 9.17) is 14.2 Å². The minimum absolute atomic E-state index is 0.0244. The highest BCUT2D eigenvalue weighted by Crippen LogP contribution is 2.45. The van der Waals surface area contributed by atoms with Gasteiger partial charge in [-0.15, -0.1) is 0 Å². The molecule has 36 heavy (non-hydrogen) atoms. The van der Waals surface area contributed by atoms with Gasteiger partial charge >= 0.3 is 6.18 Å². The minimum atomic E-state index is -4.66. The standard InChI is InChI=1S/C27H27F3N2O4/c1-18(34-2)17-35-22-10-9-19(16-20(22)27(28,29)30)25(33)31-14-11-26(12-15-31)24-8-5-13-32(24)21-6-3-4-7-23(21)36-26/h3-10,13,16,18H,11-12,14-15,17H2,1-2H3/t18-/m1/s1. The maximum absolute atomic E-state index is 13.8. The van der Waals surface area contributed by atoms with Gasteiger partial charge in [0.1, 0.15) is 18.1 Å². The molecule has 0 aliphatic carbocycles. The van der Waals surface area contributed by atoms with E-state index in [0.29, 0.717) is 25.9 Å². The number of fused-ring (bicyclic) bond motifs is 4. The van der Waals surface area contributed by atoms with E-state index in [2.05, 4.69) is 4.57 Å². The smallest absolute Gasteiger partial charge is 0.419 e. The van der Waals surface area contributed by atoms with Crippen LogP contribution < -0.4 is 9.47 Å². The molecule has 2 aliphatic rings. The fourth-order valence-electron chi connectivity index (χ4n) is 4.86. The molecular weight excluding hydrogens is 473 g/mol. The Bertz CT molecular complexity index is 1260. The van der Waals surface area contributed by atoms with Crippen LogP contribution >= 0.6 is 0 Å². The molecule has 1 spiro atoms. The molecule has 0 radical (unpaired) electrons. The molecule has 9 heteroatoms. The van der Waals surface area contributed by atoms with E-state index < -0.39 is 23.2 Å². The number of piperidine rings is 1. The maximum Gasteiger partial charge on any atom is 0.419 e. The predicted octanol–water partition coefficient (Wildman–Crippen LogP) is 5.43. The summed E-state index contributed by atoms with van der Waals surface area (Å²) in [7, 11) is 1.46. The predicted molar refractivity (Wildman–Crippen MR) is 127 cm³/mol. The highest BCUT2D eigenvalue weighted by atomic mass is 19.4. The number of nitrogens with zero attached hydrogens (tertiary/aromatic N) is 2. The van der Waals surface area contributed by atoms with Gasteiger partial charge in [-0.2, -0.15) is 13.2 Å². The Hall–Kier alpha value is -3.46. The van der Waals surface area contributed by atoms with Gasteiger partial charge in [-0.1, -0.05) is 12.1 Å². The Morgan fingerprint density at radius 1 is 1.11 bits per heavy atom. The first-order chi connectivity index (χ1) is 17.2. The topological polar surface area (TPSA) is 52.9 Å². The molecule has 1 saturated heterocycles. The van der Waals surface area contributed by atoms with E-state index in [0.717, 1.165) is 23.2 Å². The van der Waals surface area contributed by atoms with Gasteiger partial charge in [0.05, 0.1) is 23.0 Å². The van der Waals surface area contributed by atoms with Crippen molar-refractivity contribution in [3.05, 3.63) is 77.6 Å². The Morgan fingerprint density at radius 3 is 2.58 bits per heavy atom. The van der Waals surface area contributed by atoms with Crippen LogP contribution in [0.25, 0.3) is 5.69 Å². The summed E-state index contributed by atoms with van der Waals surface area (Å²) in [6.45, 7) is 2.38. The van der Waals surface area contributed by atoms with Crippen LogP contribution in [-0.4, -0.2) is 48.3 Å². The van der Waals surface area contributed by atoms with Gasteiger partial charge in [-0.25, -0.2) is 0 Å². The van der Waals surface area contributed by atoms with Crippen molar-refractivity contribution in [3.8, 4) is 17.2 Å². The molecule has 0 unspecified atom stereocenters. The average Bonchev–Trinajstić information content (AvgIpc) is 3.38. The first-order valence-electron chi connectivity index (χ1n) is 11.8. The molecule has 2 aliphatic heterocycles. The summed E-state index contributed by atoms with van der Waals surface area (Å²) in [5.74, 6) is 0.00325. The second-order valence-corrected chi connectivity index (χ2v) is 9.19. The molecule has 1 fully saturated rings. The maximum atomic E-state index is 13.8. The van der Waals surface area contributed by atoms with Crippen LogP contribution in [0.3, 0.4) is 0 Å². The Labute approximate surface area is 207 Å². The van der Waals surface area contributed by atoms with Gasteiger partial charge in [0.15, 0.2) is 5.60 Å². The van der Waals surface area contributed by atoms with E-state index in [-0.39, 0.29) is 24.0 Å². The van der Waals surface area contributed by atoms with E-state index in [1.165, 1.54) is 19.2 Å². The average molecular weight is 501 g/mol. The number of likely N-dealkylation sites (tertiary alicyclic amines) is 1. The number of halogens is 3. The van der Waals surface area contributed by atoms with Crippen molar-refractivity contribution in [3.63, 3.8) is 0 Å². The summed E-state index contributed by atoms with van der Waals surface area (Å²) in [5, 5.41) is 0. The van der Waals surface area contributed by atoms with Gasteiger partial charge in [0.2, 0.25) is 0 Å². The van der Waals surface area contributed by atoms with Crippen molar-refractivity contribution in [1.82, 2.24) is 9.47 Å². The Balaban J connectivity index is 1.34. The number of ether oxygens (including phenoxy) is 3. The second kappa shape index (κ2) is 9.20. The van der Waals surface area contributed by atoms with Crippen molar-refractivity contribution >= 4 is 5.91 Å². The zero-order chi connectivity index (χ0) is 25.5. The third kappa shape index (κ3) is 4.32. The number of carbonyl (C=O) groups is 1. The molecule has 190 valence electrons. The Kier molecular flexibility index (Phi) is 6.20.